The van der Waals surface area contributed by atoms with Crippen molar-refractivity contribution in [3.8, 4) is 11.5 Å². The Morgan fingerprint density at radius 3 is 2.57 bits per heavy atom. The molecule has 30 heavy (non-hydrogen) atoms. The molecule has 0 saturated carbocycles. The van der Waals surface area contributed by atoms with E-state index in [0.717, 1.165) is 0 Å². The second kappa shape index (κ2) is 9.97. The summed E-state index contributed by atoms with van der Waals surface area (Å²) in [5, 5.41) is 1.38. The molecular formula is C21H21ClN2O5S. The van der Waals surface area contributed by atoms with Crippen LogP contribution in [0.1, 0.15) is 10.4 Å². The summed E-state index contributed by atoms with van der Waals surface area (Å²) in [6.45, 7) is 0.672. The topological polar surface area (TPSA) is 79.7 Å². The monoisotopic (exact) mass is 448 g/mol. The fourth-order valence-electron chi connectivity index (χ4n) is 2.89. The van der Waals surface area contributed by atoms with Gasteiger partial charge in [0.15, 0.2) is 22.4 Å². The number of ether oxygens (including phenoxy) is 3. The first-order valence-corrected chi connectivity index (χ1v) is 10.4. The molecule has 3 rings (SSSR count). The van der Waals surface area contributed by atoms with E-state index in [1.165, 1.54) is 30.5 Å². The largest absolute Gasteiger partial charge is 0.493 e. The molecule has 9 heteroatoms. The first kappa shape index (κ1) is 22.1. The van der Waals surface area contributed by atoms with Gasteiger partial charge in [-0.2, -0.15) is 0 Å². The number of ketones is 1. The number of halogens is 1. The zero-order valence-electron chi connectivity index (χ0n) is 16.8. The number of fused-ring (bicyclic) bond motifs is 1. The van der Waals surface area contributed by atoms with E-state index in [1.54, 1.807) is 43.5 Å². The van der Waals surface area contributed by atoms with Gasteiger partial charge in [-0.1, -0.05) is 23.4 Å². The van der Waals surface area contributed by atoms with Crippen LogP contribution in [0.4, 0.5) is 0 Å². The van der Waals surface area contributed by atoms with Crippen LogP contribution in [0.15, 0.2) is 46.3 Å². The smallest absolute Gasteiger partial charge is 0.262 e. The van der Waals surface area contributed by atoms with Crippen molar-refractivity contribution in [3.05, 3.63) is 57.3 Å². The lowest BCUT2D eigenvalue weighted by Crippen LogP contribution is -2.25. The summed E-state index contributed by atoms with van der Waals surface area (Å²) in [5.41, 5.74) is 0.770. The predicted octanol–water partition coefficient (Wildman–Crippen LogP) is 3.69. The molecule has 1 heterocycles. The van der Waals surface area contributed by atoms with Crippen LogP contribution in [0.25, 0.3) is 10.9 Å². The minimum Gasteiger partial charge on any atom is -0.493 e. The summed E-state index contributed by atoms with van der Waals surface area (Å²) < 4.78 is 17.1. The number of Topliss-reactive ketones (excluding diaryl/α,β-unsaturated/α-hetero) is 1. The van der Waals surface area contributed by atoms with Crippen LogP contribution < -0.4 is 15.0 Å². The van der Waals surface area contributed by atoms with E-state index in [1.807, 2.05) is 0 Å². The van der Waals surface area contributed by atoms with Gasteiger partial charge in [-0.25, -0.2) is 4.98 Å². The molecule has 0 atom stereocenters. The lowest BCUT2D eigenvalue weighted by molar-refractivity contribution is 0.102. The van der Waals surface area contributed by atoms with Gasteiger partial charge >= 0.3 is 0 Å². The number of rotatable bonds is 9. The molecule has 0 aliphatic carbocycles. The third-order valence-electron chi connectivity index (χ3n) is 4.44. The van der Waals surface area contributed by atoms with Gasteiger partial charge in [-0.15, -0.1) is 0 Å². The third kappa shape index (κ3) is 4.77. The minimum atomic E-state index is -0.199. The van der Waals surface area contributed by atoms with Crippen molar-refractivity contribution in [1.82, 2.24) is 9.55 Å². The Hall–Kier alpha value is -2.55. The summed E-state index contributed by atoms with van der Waals surface area (Å²) in [7, 11) is 4.61. The Morgan fingerprint density at radius 2 is 1.87 bits per heavy atom. The Kier molecular flexibility index (Phi) is 7.36. The maximum absolute atomic E-state index is 12.9. The zero-order valence-corrected chi connectivity index (χ0v) is 18.4. The SMILES string of the molecule is COCCn1c(SCC(=O)c2ccc(OC)c(OC)c2)nc2cc(Cl)ccc2c1=O. The van der Waals surface area contributed by atoms with E-state index in [2.05, 4.69) is 4.98 Å². The summed E-state index contributed by atoms with van der Waals surface area (Å²) in [4.78, 5) is 30.2. The molecule has 0 fully saturated rings. The van der Waals surface area contributed by atoms with Gasteiger partial charge in [-0.05, 0) is 36.4 Å². The van der Waals surface area contributed by atoms with Gasteiger partial charge < -0.3 is 14.2 Å². The molecule has 2 aromatic carbocycles. The average molecular weight is 449 g/mol. The molecule has 0 radical (unpaired) electrons. The number of carbonyl (C=O) groups is 1. The highest BCUT2D eigenvalue weighted by Crippen LogP contribution is 2.28. The molecule has 1 aromatic heterocycles. The second-order valence-electron chi connectivity index (χ2n) is 6.29. The van der Waals surface area contributed by atoms with E-state index in [9.17, 15) is 9.59 Å². The molecule has 158 valence electrons. The maximum atomic E-state index is 12.9. The van der Waals surface area contributed by atoms with Crippen molar-refractivity contribution < 1.29 is 19.0 Å². The quantitative estimate of drug-likeness (QED) is 0.280. The molecule has 7 nitrogen and oxygen atoms in total. The number of nitrogens with zero attached hydrogens (tertiary/aromatic N) is 2. The highest BCUT2D eigenvalue weighted by Gasteiger charge is 2.16. The van der Waals surface area contributed by atoms with Gasteiger partial charge in [-0.3, -0.25) is 14.2 Å². The second-order valence-corrected chi connectivity index (χ2v) is 7.67. The van der Waals surface area contributed by atoms with Crippen LogP contribution in [0, 0.1) is 0 Å². The number of hydrogen-bond acceptors (Lipinski definition) is 7. The van der Waals surface area contributed by atoms with E-state index in [4.69, 9.17) is 25.8 Å². The van der Waals surface area contributed by atoms with Crippen molar-refractivity contribution in [2.75, 3.05) is 33.7 Å². The Balaban J connectivity index is 1.90. The number of aromatic nitrogens is 2. The maximum Gasteiger partial charge on any atom is 0.262 e. The lowest BCUT2D eigenvalue weighted by Gasteiger charge is -2.13. The number of thioether (sulfide) groups is 1. The first-order valence-electron chi connectivity index (χ1n) is 9.05. The van der Waals surface area contributed by atoms with E-state index < -0.39 is 0 Å². The van der Waals surface area contributed by atoms with E-state index in [-0.39, 0.29) is 17.1 Å². The average Bonchev–Trinajstić information content (AvgIpc) is 2.76. The highest BCUT2D eigenvalue weighted by molar-refractivity contribution is 7.99. The highest BCUT2D eigenvalue weighted by atomic mass is 35.5. The van der Waals surface area contributed by atoms with Crippen molar-refractivity contribution in [2.45, 2.75) is 11.7 Å². The lowest BCUT2D eigenvalue weighted by atomic mass is 10.1. The summed E-state index contributed by atoms with van der Waals surface area (Å²) >= 11 is 7.25. The predicted molar refractivity (Wildman–Crippen MR) is 117 cm³/mol. The van der Waals surface area contributed by atoms with E-state index >= 15 is 0 Å². The Morgan fingerprint density at radius 1 is 1.10 bits per heavy atom. The van der Waals surface area contributed by atoms with E-state index in [0.29, 0.717) is 51.3 Å². The Labute approximate surface area is 182 Å². The normalized spacial score (nSPS) is 10.9. The van der Waals surface area contributed by atoms with Crippen LogP contribution in [-0.2, 0) is 11.3 Å². The van der Waals surface area contributed by atoms with Crippen molar-refractivity contribution in [3.63, 3.8) is 0 Å². The summed E-state index contributed by atoms with van der Waals surface area (Å²) in [6, 6.07) is 9.93. The molecule has 0 bridgehead atoms. The number of carbonyl (C=O) groups excluding carboxylic acids is 1. The van der Waals surface area contributed by atoms with Crippen molar-refractivity contribution in [2.24, 2.45) is 0 Å². The fraction of sp³-hybridized carbons (Fsp3) is 0.286. The number of benzene rings is 2. The molecule has 3 aromatic rings. The van der Waals surface area contributed by atoms with Gasteiger partial charge in [0.25, 0.3) is 5.56 Å². The summed E-state index contributed by atoms with van der Waals surface area (Å²) in [6.07, 6.45) is 0. The van der Waals surface area contributed by atoms with Crippen LogP contribution in [0.3, 0.4) is 0 Å². The van der Waals surface area contributed by atoms with Crippen molar-refractivity contribution >= 4 is 40.0 Å². The zero-order chi connectivity index (χ0) is 21.7. The minimum absolute atomic E-state index is 0.0982. The molecule has 0 saturated heterocycles. The van der Waals surface area contributed by atoms with Gasteiger partial charge in [0, 0.05) is 17.7 Å². The molecular weight excluding hydrogens is 428 g/mol. The van der Waals surface area contributed by atoms with Gasteiger partial charge in [0.05, 0.1) is 44.0 Å². The summed E-state index contributed by atoms with van der Waals surface area (Å²) in [5.74, 6) is 0.993. The Bertz CT molecular complexity index is 1130. The number of methoxy groups -OCH3 is 3. The van der Waals surface area contributed by atoms with Crippen LogP contribution in [-0.4, -0.2) is 49.0 Å². The molecule has 0 spiro atoms. The molecule has 0 unspecified atom stereocenters. The third-order valence-corrected chi connectivity index (χ3v) is 5.65. The fourth-order valence-corrected chi connectivity index (χ4v) is 3.97. The number of hydrogen-bond donors (Lipinski definition) is 0. The van der Waals surface area contributed by atoms with Crippen LogP contribution >= 0.6 is 23.4 Å². The molecule has 0 aliphatic heterocycles. The molecule has 0 amide bonds. The van der Waals surface area contributed by atoms with Crippen LogP contribution in [0.5, 0.6) is 11.5 Å². The first-order chi connectivity index (χ1) is 14.5. The molecule has 0 aliphatic rings. The standard InChI is InChI=1S/C21H21ClN2O5S/c1-27-9-8-24-20(26)15-6-5-14(22)11-16(15)23-21(24)30-12-17(25)13-4-7-18(28-2)19(10-13)29-3/h4-7,10-11H,8-9,12H2,1-3H3. The van der Waals surface area contributed by atoms with Crippen LogP contribution in [0.2, 0.25) is 5.02 Å². The van der Waals surface area contributed by atoms with Crippen molar-refractivity contribution in [1.29, 1.82) is 0 Å². The van der Waals surface area contributed by atoms with Gasteiger partial charge in [0.1, 0.15) is 0 Å². The molecule has 0 N–H and O–H groups in total. The van der Waals surface area contributed by atoms with Gasteiger partial charge in [0.2, 0.25) is 0 Å².